The molecule has 0 fully saturated rings. The summed E-state index contributed by atoms with van der Waals surface area (Å²) in [6, 6.07) is 18.7. The molecule has 4 rings (SSSR count). The van der Waals surface area contributed by atoms with Crippen LogP contribution in [0.5, 0.6) is 11.5 Å². The van der Waals surface area contributed by atoms with E-state index < -0.39 is 16.1 Å². The summed E-state index contributed by atoms with van der Waals surface area (Å²) in [6.07, 6.45) is 0.532. The molecule has 0 aromatic heterocycles. The van der Waals surface area contributed by atoms with Crippen LogP contribution in [0.15, 0.2) is 71.6 Å². The fourth-order valence-electron chi connectivity index (χ4n) is 4.01. The number of nitrogens with zero attached hydrogens (tertiary/aromatic N) is 1. The van der Waals surface area contributed by atoms with Crippen LogP contribution in [0.4, 0.5) is 5.69 Å². The predicted molar refractivity (Wildman–Crippen MR) is 136 cm³/mol. The van der Waals surface area contributed by atoms with Crippen molar-refractivity contribution in [3.05, 3.63) is 82.9 Å². The van der Waals surface area contributed by atoms with Crippen LogP contribution in [-0.2, 0) is 27.8 Å². The highest BCUT2D eigenvalue weighted by Crippen LogP contribution is 2.31. The van der Waals surface area contributed by atoms with Crippen molar-refractivity contribution in [2.45, 2.75) is 37.3 Å². The van der Waals surface area contributed by atoms with E-state index in [9.17, 15) is 13.2 Å². The summed E-state index contributed by atoms with van der Waals surface area (Å²) >= 11 is 5.88. The number of carbonyl (C=O) groups is 1. The second kappa shape index (κ2) is 10.6. The Hall–Kier alpha value is -3.23. The molecule has 1 aliphatic heterocycles. The molecule has 184 valence electrons. The van der Waals surface area contributed by atoms with Crippen LogP contribution in [0.3, 0.4) is 0 Å². The van der Waals surface area contributed by atoms with E-state index >= 15 is 0 Å². The Balaban J connectivity index is 1.58. The highest BCUT2D eigenvalue weighted by Gasteiger charge is 2.30. The van der Waals surface area contributed by atoms with Gasteiger partial charge in [-0.25, -0.2) is 8.42 Å². The number of sulfonamides is 1. The van der Waals surface area contributed by atoms with Gasteiger partial charge in [-0.15, -0.1) is 0 Å². The van der Waals surface area contributed by atoms with Crippen molar-refractivity contribution in [1.29, 1.82) is 0 Å². The van der Waals surface area contributed by atoms with Gasteiger partial charge in [0.2, 0.25) is 0 Å². The molecule has 0 aliphatic carbocycles. The summed E-state index contributed by atoms with van der Waals surface area (Å²) in [6.45, 7) is 2.68. The molecule has 0 radical (unpaired) electrons. The number of carbonyl (C=O) groups excluding carboxylic acids is 1. The van der Waals surface area contributed by atoms with Crippen molar-refractivity contribution >= 4 is 33.2 Å². The Morgan fingerprint density at radius 3 is 2.57 bits per heavy atom. The third-order valence-electron chi connectivity index (χ3n) is 5.87. The number of para-hydroxylation sites is 1. The van der Waals surface area contributed by atoms with Gasteiger partial charge in [-0.2, -0.15) is 0 Å². The minimum Gasteiger partial charge on any atom is -0.496 e. The minimum absolute atomic E-state index is 0.0955. The van der Waals surface area contributed by atoms with E-state index in [0.717, 1.165) is 16.9 Å². The molecular formula is C26H27ClN2O5S. The largest absolute Gasteiger partial charge is 0.496 e. The standard InChI is InChI=1S/C26H27ClN2O5S/c1-3-23-26(30)29(15-14-18-6-4-5-7-24(18)33-2)17-19-16-21(10-13-25(19)34-23)28-35(31,32)22-11-8-20(27)9-12-22/h4-13,16,23,28H,3,14-15,17H2,1-2H3/t23-/m1/s1. The van der Waals surface area contributed by atoms with E-state index in [1.54, 1.807) is 30.2 Å². The van der Waals surface area contributed by atoms with Crippen molar-refractivity contribution in [3.8, 4) is 11.5 Å². The van der Waals surface area contributed by atoms with Gasteiger partial charge in [0.1, 0.15) is 11.5 Å². The summed E-state index contributed by atoms with van der Waals surface area (Å²) < 4.78 is 39.7. The number of ether oxygens (including phenoxy) is 2. The molecule has 3 aromatic rings. The van der Waals surface area contributed by atoms with Crippen LogP contribution in [0.25, 0.3) is 0 Å². The monoisotopic (exact) mass is 514 g/mol. The molecule has 1 aliphatic rings. The number of hydrogen-bond acceptors (Lipinski definition) is 5. The zero-order chi connectivity index (χ0) is 25.0. The quantitative estimate of drug-likeness (QED) is 0.462. The minimum atomic E-state index is -3.80. The smallest absolute Gasteiger partial charge is 0.263 e. The van der Waals surface area contributed by atoms with Gasteiger partial charge in [-0.1, -0.05) is 36.7 Å². The predicted octanol–water partition coefficient (Wildman–Crippen LogP) is 4.89. The number of halogens is 1. The first-order valence-corrected chi connectivity index (χ1v) is 13.2. The third-order valence-corrected chi connectivity index (χ3v) is 7.52. The van der Waals surface area contributed by atoms with Crippen molar-refractivity contribution in [2.24, 2.45) is 0 Å². The van der Waals surface area contributed by atoms with Gasteiger partial charge in [-0.3, -0.25) is 9.52 Å². The highest BCUT2D eigenvalue weighted by atomic mass is 35.5. The number of amides is 1. The molecule has 1 amide bonds. The Morgan fingerprint density at radius 2 is 1.86 bits per heavy atom. The maximum absolute atomic E-state index is 13.2. The van der Waals surface area contributed by atoms with Gasteiger partial charge in [0.05, 0.1) is 12.0 Å². The van der Waals surface area contributed by atoms with E-state index in [0.29, 0.717) is 42.4 Å². The summed E-state index contributed by atoms with van der Waals surface area (Å²) in [5, 5.41) is 0.453. The van der Waals surface area contributed by atoms with Crippen LogP contribution < -0.4 is 14.2 Å². The van der Waals surface area contributed by atoms with Gasteiger partial charge in [0, 0.05) is 29.4 Å². The molecule has 0 bridgehead atoms. The highest BCUT2D eigenvalue weighted by molar-refractivity contribution is 7.92. The summed E-state index contributed by atoms with van der Waals surface area (Å²) in [7, 11) is -2.18. The molecule has 1 heterocycles. The number of nitrogens with one attached hydrogen (secondary N) is 1. The number of hydrogen-bond donors (Lipinski definition) is 1. The van der Waals surface area contributed by atoms with E-state index in [1.807, 2.05) is 31.2 Å². The molecule has 9 heteroatoms. The average Bonchev–Trinajstić information content (AvgIpc) is 2.98. The summed E-state index contributed by atoms with van der Waals surface area (Å²) in [5.74, 6) is 1.25. The first kappa shape index (κ1) is 24.9. The van der Waals surface area contributed by atoms with Crippen LogP contribution in [-0.4, -0.2) is 39.0 Å². The number of methoxy groups -OCH3 is 1. The fraction of sp³-hybridized carbons (Fsp3) is 0.269. The van der Waals surface area contributed by atoms with E-state index in [1.165, 1.54) is 24.3 Å². The second-order valence-corrected chi connectivity index (χ2v) is 10.3. The SMILES string of the molecule is CC[C@H]1Oc2ccc(NS(=O)(=O)c3ccc(Cl)cc3)cc2CN(CCc2ccccc2OC)C1=O. The number of rotatable bonds is 8. The maximum Gasteiger partial charge on any atom is 0.263 e. The topological polar surface area (TPSA) is 84.9 Å². The van der Waals surface area contributed by atoms with E-state index in [-0.39, 0.29) is 10.8 Å². The first-order valence-electron chi connectivity index (χ1n) is 11.3. The van der Waals surface area contributed by atoms with Gasteiger partial charge in [0.15, 0.2) is 6.10 Å². The maximum atomic E-state index is 13.2. The Morgan fingerprint density at radius 1 is 1.11 bits per heavy atom. The normalized spacial score (nSPS) is 15.7. The third kappa shape index (κ3) is 5.71. The molecule has 1 atom stereocenters. The van der Waals surface area contributed by atoms with Crippen LogP contribution in [0.1, 0.15) is 24.5 Å². The molecule has 0 spiro atoms. The van der Waals surface area contributed by atoms with Gasteiger partial charge < -0.3 is 14.4 Å². The van der Waals surface area contributed by atoms with Crippen molar-refractivity contribution < 1.29 is 22.7 Å². The number of benzene rings is 3. The zero-order valence-electron chi connectivity index (χ0n) is 19.5. The van der Waals surface area contributed by atoms with Gasteiger partial charge >= 0.3 is 0 Å². The van der Waals surface area contributed by atoms with Crippen molar-refractivity contribution in [3.63, 3.8) is 0 Å². The molecule has 0 saturated carbocycles. The zero-order valence-corrected chi connectivity index (χ0v) is 21.1. The molecule has 0 saturated heterocycles. The average molecular weight is 515 g/mol. The second-order valence-electron chi connectivity index (χ2n) is 8.22. The Bertz CT molecular complexity index is 1310. The van der Waals surface area contributed by atoms with Crippen LogP contribution in [0, 0.1) is 0 Å². The summed E-state index contributed by atoms with van der Waals surface area (Å²) in [5.41, 5.74) is 2.12. The fourth-order valence-corrected chi connectivity index (χ4v) is 5.19. The molecule has 7 nitrogen and oxygen atoms in total. The molecule has 3 aromatic carbocycles. The lowest BCUT2D eigenvalue weighted by Gasteiger charge is -2.23. The Kier molecular flexibility index (Phi) is 7.52. The molecule has 0 unspecified atom stereocenters. The summed E-state index contributed by atoms with van der Waals surface area (Å²) in [4.78, 5) is 15.1. The lowest BCUT2D eigenvalue weighted by atomic mass is 10.1. The van der Waals surface area contributed by atoms with E-state index in [4.69, 9.17) is 21.1 Å². The van der Waals surface area contributed by atoms with E-state index in [2.05, 4.69) is 4.72 Å². The van der Waals surface area contributed by atoms with Crippen molar-refractivity contribution in [2.75, 3.05) is 18.4 Å². The van der Waals surface area contributed by atoms with Crippen molar-refractivity contribution in [1.82, 2.24) is 4.90 Å². The lowest BCUT2D eigenvalue weighted by Crippen LogP contribution is -2.40. The van der Waals surface area contributed by atoms with Crippen LogP contribution in [0.2, 0.25) is 5.02 Å². The van der Waals surface area contributed by atoms with Crippen LogP contribution >= 0.6 is 11.6 Å². The van der Waals surface area contributed by atoms with Gasteiger partial charge in [0.25, 0.3) is 15.9 Å². The van der Waals surface area contributed by atoms with Gasteiger partial charge in [-0.05, 0) is 66.9 Å². The lowest BCUT2D eigenvalue weighted by molar-refractivity contribution is -0.138. The number of fused-ring (bicyclic) bond motifs is 1. The first-order chi connectivity index (χ1) is 16.8. The molecule has 1 N–H and O–H groups in total. The molecule has 35 heavy (non-hydrogen) atoms. The number of anilines is 1. The molecular weight excluding hydrogens is 488 g/mol. The Labute approximate surface area is 210 Å².